The van der Waals surface area contributed by atoms with Gasteiger partial charge in [-0.2, -0.15) is 0 Å². The van der Waals surface area contributed by atoms with Gasteiger partial charge in [0.15, 0.2) is 0 Å². The third-order valence-corrected chi connectivity index (χ3v) is 1.68. The van der Waals surface area contributed by atoms with E-state index in [0.29, 0.717) is 12.1 Å². The minimum atomic E-state index is 0.548. The average Bonchev–Trinajstić information content (AvgIpc) is 1.80. The summed E-state index contributed by atoms with van der Waals surface area (Å²) in [6.07, 6.45) is 2.98. The van der Waals surface area contributed by atoms with Gasteiger partial charge in [0.05, 0.1) is 19.3 Å². The largest absolute Gasteiger partial charge is 0.378 e. The fraction of sp³-hybridized carbons (Fsp3) is 0.750. The fourth-order valence-electron chi connectivity index (χ4n) is 1.05. The Morgan fingerprint density at radius 1 is 1.80 bits per heavy atom. The molecule has 1 saturated heterocycles. The van der Waals surface area contributed by atoms with E-state index in [2.05, 4.69) is 18.8 Å². The Kier molecular flexibility index (Phi) is 2.90. The lowest BCUT2D eigenvalue weighted by atomic mass is 10.2. The van der Waals surface area contributed by atoms with Crippen molar-refractivity contribution < 1.29 is 4.74 Å². The number of hydrogen-bond donors (Lipinski definition) is 1. The van der Waals surface area contributed by atoms with E-state index in [1.165, 1.54) is 0 Å². The van der Waals surface area contributed by atoms with Gasteiger partial charge in [-0.05, 0) is 13.3 Å². The van der Waals surface area contributed by atoms with E-state index in [9.17, 15) is 0 Å². The first-order valence-electron chi connectivity index (χ1n) is 3.77. The number of rotatable bonds is 4. The molecular weight excluding hydrogens is 126 g/mol. The smallest absolute Gasteiger partial charge is 0.0643 e. The summed E-state index contributed by atoms with van der Waals surface area (Å²) in [5, 5.41) is 3.42. The van der Waals surface area contributed by atoms with Gasteiger partial charge in [-0.3, -0.25) is 0 Å². The highest BCUT2D eigenvalue weighted by molar-refractivity contribution is 4.80. The molecule has 10 heavy (non-hydrogen) atoms. The molecule has 0 bridgehead atoms. The normalized spacial score (nSPS) is 21.7. The lowest BCUT2D eigenvalue weighted by molar-refractivity contribution is -0.00896. The summed E-state index contributed by atoms with van der Waals surface area (Å²) < 4.78 is 5.03. The first-order valence-corrected chi connectivity index (χ1v) is 3.77. The van der Waals surface area contributed by atoms with Crippen LogP contribution in [0.2, 0.25) is 0 Å². The maximum absolute atomic E-state index is 5.03. The molecule has 1 aliphatic heterocycles. The highest BCUT2D eigenvalue weighted by atomic mass is 16.5. The molecule has 1 rings (SSSR count). The van der Waals surface area contributed by atoms with Crippen molar-refractivity contribution in [3.63, 3.8) is 0 Å². The Morgan fingerprint density at radius 2 is 2.50 bits per heavy atom. The van der Waals surface area contributed by atoms with E-state index in [1.807, 2.05) is 6.08 Å². The van der Waals surface area contributed by atoms with Gasteiger partial charge in [0.25, 0.3) is 0 Å². The van der Waals surface area contributed by atoms with Crippen molar-refractivity contribution in [2.75, 3.05) is 13.2 Å². The topological polar surface area (TPSA) is 21.3 Å². The first kappa shape index (κ1) is 7.76. The lowest BCUT2D eigenvalue weighted by Gasteiger charge is -2.29. The van der Waals surface area contributed by atoms with Crippen LogP contribution in [-0.4, -0.2) is 25.3 Å². The molecule has 0 aromatic carbocycles. The molecule has 0 spiro atoms. The molecule has 1 N–H and O–H groups in total. The van der Waals surface area contributed by atoms with Crippen molar-refractivity contribution >= 4 is 0 Å². The van der Waals surface area contributed by atoms with E-state index < -0.39 is 0 Å². The summed E-state index contributed by atoms with van der Waals surface area (Å²) in [5.74, 6) is 0. The maximum Gasteiger partial charge on any atom is 0.0643 e. The Balaban J connectivity index is 2.04. The Bertz CT molecular complexity index is 110. The van der Waals surface area contributed by atoms with Crippen molar-refractivity contribution in [3.05, 3.63) is 12.7 Å². The summed E-state index contributed by atoms with van der Waals surface area (Å²) in [6.45, 7) is 7.60. The van der Waals surface area contributed by atoms with Crippen LogP contribution in [0, 0.1) is 0 Å². The van der Waals surface area contributed by atoms with Gasteiger partial charge < -0.3 is 10.1 Å². The van der Waals surface area contributed by atoms with Crippen LogP contribution in [0.15, 0.2) is 12.7 Å². The predicted molar refractivity (Wildman–Crippen MR) is 42.0 cm³/mol. The van der Waals surface area contributed by atoms with Crippen molar-refractivity contribution in [3.8, 4) is 0 Å². The monoisotopic (exact) mass is 141 g/mol. The molecule has 1 aliphatic rings. The number of ether oxygens (including phenoxy) is 1. The zero-order valence-corrected chi connectivity index (χ0v) is 6.47. The third kappa shape index (κ3) is 2.12. The predicted octanol–water partition coefficient (Wildman–Crippen LogP) is 0.939. The molecule has 58 valence electrons. The quantitative estimate of drug-likeness (QED) is 0.588. The summed E-state index contributed by atoms with van der Waals surface area (Å²) in [5.41, 5.74) is 0. The molecule has 0 aromatic rings. The second kappa shape index (κ2) is 3.74. The molecule has 0 aliphatic carbocycles. The van der Waals surface area contributed by atoms with Gasteiger partial charge in [-0.1, -0.05) is 6.08 Å². The van der Waals surface area contributed by atoms with Crippen molar-refractivity contribution in [2.24, 2.45) is 0 Å². The molecule has 1 heterocycles. The molecular formula is C8H15NO. The highest BCUT2D eigenvalue weighted by Gasteiger charge is 2.18. The molecule has 0 amide bonds. The van der Waals surface area contributed by atoms with E-state index in [1.54, 1.807) is 0 Å². The van der Waals surface area contributed by atoms with Gasteiger partial charge in [-0.15, -0.1) is 6.58 Å². The SMILES string of the molecule is C=CCC(C)NC1COC1. The van der Waals surface area contributed by atoms with Crippen LogP contribution in [0.4, 0.5) is 0 Å². The highest BCUT2D eigenvalue weighted by Crippen LogP contribution is 2.02. The molecule has 2 heteroatoms. The van der Waals surface area contributed by atoms with Gasteiger partial charge in [0.2, 0.25) is 0 Å². The minimum Gasteiger partial charge on any atom is -0.378 e. The van der Waals surface area contributed by atoms with Crippen molar-refractivity contribution in [1.82, 2.24) is 5.32 Å². The molecule has 0 saturated carbocycles. The fourth-order valence-corrected chi connectivity index (χ4v) is 1.05. The van der Waals surface area contributed by atoms with E-state index in [0.717, 1.165) is 19.6 Å². The third-order valence-electron chi connectivity index (χ3n) is 1.68. The van der Waals surface area contributed by atoms with Crippen LogP contribution in [0.25, 0.3) is 0 Å². The van der Waals surface area contributed by atoms with Gasteiger partial charge in [0.1, 0.15) is 0 Å². The van der Waals surface area contributed by atoms with E-state index in [4.69, 9.17) is 4.74 Å². The zero-order valence-electron chi connectivity index (χ0n) is 6.47. The van der Waals surface area contributed by atoms with Crippen LogP contribution in [0.3, 0.4) is 0 Å². The van der Waals surface area contributed by atoms with Gasteiger partial charge >= 0.3 is 0 Å². The number of hydrogen-bond acceptors (Lipinski definition) is 2. The van der Waals surface area contributed by atoms with Crippen molar-refractivity contribution in [1.29, 1.82) is 0 Å². The first-order chi connectivity index (χ1) is 4.83. The van der Waals surface area contributed by atoms with E-state index in [-0.39, 0.29) is 0 Å². The van der Waals surface area contributed by atoms with Crippen LogP contribution in [-0.2, 0) is 4.74 Å². The van der Waals surface area contributed by atoms with Gasteiger partial charge in [-0.25, -0.2) is 0 Å². The molecule has 1 unspecified atom stereocenters. The Hall–Kier alpha value is -0.340. The average molecular weight is 141 g/mol. The molecule has 1 fully saturated rings. The van der Waals surface area contributed by atoms with Crippen LogP contribution in [0.5, 0.6) is 0 Å². The number of nitrogens with one attached hydrogen (secondary N) is 1. The molecule has 2 nitrogen and oxygen atoms in total. The molecule has 0 aromatic heterocycles. The zero-order chi connectivity index (χ0) is 7.40. The molecule has 0 radical (unpaired) electrons. The lowest BCUT2D eigenvalue weighted by Crippen LogP contribution is -2.49. The Morgan fingerprint density at radius 3 is 2.90 bits per heavy atom. The van der Waals surface area contributed by atoms with Crippen molar-refractivity contribution in [2.45, 2.75) is 25.4 Å². The summed E-state index contributed by atoms with van der Waals surface area (Å²) in [7, 11) is 0. The second-order valence-corrected chi connectivity index (χ2v) is 2.83. The second-order valence-electron chi connectivity index (χ2n) is 2.83. The molecule has 1 atom stereocenters. The minimum absolute atomic E-state index is 0.548. The maximum atomic E-state index is 5.03. The summed E-state index contributed by atoms with van der Waals surface area (Å²) in [4.78, 5) is 0. The van der Waals surface area contributed by atoms with Crippen LogP contribution >= 0.6 is 0 Å². The van der Waals surface area contributed by atoms with Crippen LogP contribution < -0.4 is 5.32 Å². The summed E-state index contributed by atoms with van der Waals surface area (Å²) in [6, 6.07) is 1.14. The van der Waals surface area contributed by atoms with Gasteiger partial charge in [0, 0.05) is 6.04 Å². The van der Waals surface area contributed by atoms with E-state index >= 15 is 0 Å². The Labute approximate surface area is 62.3 Å². The summed E-state index contributed by atoms with van der Waals surface area (Å²) >= 11 is 0. The van der Waals surface area contributed by atoms with Crippen LogP contribution in [0.1, 0.15) is 13.3 Å². The standard InChI is InChI=1S/C8H15NO/c1-3-4-7(2)9-8-5-10-6-8/h3,7-9H,1,4-6H2,2H3.